The second kappa shape index (κ2) is 6.41. The molecule has 0 radical (unpaired) electrons. The van der Waals surface area contributed by atoms with Crippen molar-refractivity contribution in [2.45, 2.75) is 47.2 Å². The van der Waals surface area contributed by atoms with Crippen molar-refractivity contribution in [2.24, 2.45) is 5.92 Å². The van der Waals surface area contributed by atoms with Gasteiger partial charge < -0.3 is 14.2 Å². The van der Waals surface area contributed by atoms with Gasteiger partial charge in [-0.1, -0.05) is 77.1 Å². The molecule has 2 bridgehead atoms. The minimum atomic E-state index is -1.06. The van der Waals surface area contributed by atoms with Crippen molar-refractivity contribution in [3.05, 3.63) is 8.96 Å². The van der Waals surface area contributed by atoms with Crippen LogP contribution in [0.3, 0.4) is 0 Å². The lowest BCUT2D eigenvalue weighted by molar-refractivity contribution is -0.217. The molecule has 0 amide bonds. The number of rotatable bonds is 5. The molecule has 0 unspecified atom stereocenters. The van der Waals surface area contributed by atoms with Crippen molar-refractivity contribution in [3.8, 4) is 0 Å². The molecule has 2 aliphatic rings. The third kappa shape index (κ3) is 2.06. The molecule has 0 N–H and O–H groups in total. The first kappa shape index (κ1) is 19.4. The zero-order chi connectivity index (χ0) is 16.9. The summed E-state index contributed by atoms with van der Waals surface area (Å²) < 4.78 is 17.6. The number of hydrogen-bond acceptors (Lipinski definition) is 4. The number of carbonyl (C=O) groups excluding carboxylic acids is 1. The number of alkyl halides is 2. The van der Waals surface area contributed by atoms with Crippen LogP contribution in [0.2, 0.25) is 0 Å². The van der Waals surface area contributed by atoms with Gasteiger partial charge in [0.15, 0.2) is 4.32 Å². The van der Waals surface area contributed by atoms with Crippen molar-refractivity contribution in [1.82, 2.24) is 0 Å². The van der Waals surface area contributed by atoms with Gasteiger partial charge >= 0.3 is 5.97 Å². The van der Waals surface area contributed by atoms with E-state index >= 15 is 0 Å². The van der Waals surface area contributed by atoms with E-state index in [1.165, 1.54) is 6.92 Å². The highest BCUT2D eigenvalue weighted by Crippen LogP contribution is 2.74. The van der Waals surface area contributed by atoms with E-state index in [1.54, 1.807) is 14.2 Å². The molecular weight excluding hydrogens is 552 g/mol. The molecule has 0 aliphatic heterocycles. The molecule has 1 fully saturated rings. The van der Waals surface area contributed by atoms with E-state index in [4.69, 9.17) is 14.2 Å². The van der Waals surface area contributed by atoms with Crippen molar-refractivity contribution >= 4 is 69.7 Å². The van der Waals surface area contributed by atoms with E-state index in [0.717, 1.165) is 21.8 Å². The molecule has 4 atom stereocenters. The Morgan fingerprint density at radius 1 is 1.14 bits per heavy atom. The van der Waals surface area contributed by atoms with Crippen LogP contribution in [0.25, 0.3) is 0 Å². The van der Waals surface area contributed by atoms with Crippen LogP contribution >= 0.6 is 63.7 Å². The Bertz CT molecular complexity index is 519. The number of carbonyl (C=O) groups is 1. The van der Waals surface area contributed by atoms with Crippen LogP contribution in [-0.4, -0.2) is 40.7 Å². The number of esters is 1. The standard InChI is InChI=1S/C14H18Br4O4/c1-5-6-8-11(22-7(2)19)13(18)10(16)9(15)12(8,17)14(13,20-3)21-4/h8,11H,5-6H2,1-4H3/t8-,11+,12-,13-/m1/s1. The van der Waals surface area contributed by atoms with Crippen LogP contribution in [0.15, 0.2) is 8.96 Å². The summed E-state index contributed by atoms with van der Waals surface area (Å²) in [6.45, 7) is 3.52. The van der Waals surface area contributed by atoms with E-state index in [9.17, 15) is 4.79 Å². The summed E-state index contributed by atoms with van der Waals surface area (Å²) >= 11 is 14.9. The maximum atomic E-state index is 11.7. The molecule has 4 nitrogen and oxygen atoms in total. The summed E-state index contributed by atoms with van der Waals surface area (Å²) in [5.41, 5.74) is 0. The van der Waals surface area contributed by atoms with Crippen molar-refractivity contribution in [1.29, 1.82) is 0 Å². The maximum Gasteiger partial charge on any atom is 0.302 e. The molecule has 0 spiro atoms. The van der Waals surface area contributed by atoms with Crippen LogP contribution in [0, 0.1) is 5.92 Å². The highest BCUT2D eigenvalue weighted by molar-refractivity contribution is 9.16. The fourth-order valence-electron chi connectivity index (χ4n) is 3.76. The van der Waals surface area contributed by atoms with Crippen molar-refractivity contribution in [3.63, 3.8) is 0 Å². The number of halogens is 4. The van der Waals surface area contributed by atoms with Gasteiger partial charge in [-0.2, -0.15) is 0 Å². The second-order valence-electron chi connectivity index (χ2n) is 5.50. The molecule has 8 heteroatoms. The van der Waals surface area contributed by atoms with E-state index in [2.05, 4.69) is 70.6 Å². The third-order valence-corrected chi connectivity index (χ3v) is 11.0. The quantitative estimate of drug-likeness (QED) is 0.275. The topological polar surface area (TPSA) is 44.8 Å². The number of hydrogen-bond donors (Lipinski definition) is 0. The normalized spacial score (nSPS) is 39.5. The maximum absolute atomic E-state index is 11.7. The van der Waals surface area contributed by atoms with Gasteiger partial charge in [0.2, 0.25) is 5.79 Å². The predicted octanol–water partition coefficient (Wildman–Crippen LogP) is 4.62. The van der Waals surface area contributed by atoms with E-state index in [1.807, 2.05) is 0 Å². The summed E-state index contributed by atoms with van der Waals surface area (Å²) in [5, 5.41) is 0. The van der Waals surface area contributed by atoms with Gasteiger partial charge in [0.1, 0.15) is 10.4 Å². The fraction of sp³-hybridized carbons (Fsp3) is 0.786. The van der Waals surface area contributed by atoms with Crippen LogP contribution in [0.1, 0.15) is 26.7 Å². The molecule has 0 aromatic carbocycles. The largest absolute Gasteiger partial charge is 0.460 e. The molecule has 126 valence electrons. The summed E-state index contributed by atoms with van der Waals surface area (Å²) in [6.07, 6.45) is 1.36. The number of ether oxygens (including phenoxy) is 3. The SMILES string of the molecule is CCC[C@@H]1[C@H](OC(C)=O)[C@]2(Br)C(Br)=C(Br)[C@@]1(Br)C2(OC)OC. The smallest absolute Gasteiger partial charge is 0.302 e. The molecular formula is C14H18Br4O4. The average Bonchev–Trinajstić information content (AvgIpc) is 2.70. The molecule has 0 aromatic heterocycles. The Kier molecular flexibility index (Phi) is 5.64. The predicted molar refractivity (Wildman–Crippen MR) is 98.9 cm³/mol. The van der Waals surface area contributed by atoms with Crippen LogP contribution in [0.5, 0.6) is 0 Å². The molecule has 2 aliphatic carbocycles. The highest BCUT2D eigenvalue weighted by atomic mass is 79.9. The van der Waals surface area contributed by atoms with Gasteiger partial charge in [-0.25, -0.2) is 0 Å². The van der Waals surface area contributed by atoms with Gasteiger partial charge in [0.05, 0.1) is 0 Å². The Morgan fingerprint density at radius 3 is 2.05 bits per heavy atom. The second-order valence-corrected chi connectivity index (χ2v) is 9.59. The van der Waals surface area contributed by atoms with Gasteiger partial charge in [0, 0.05) is 36.0 Å². The third-order valence-electron chi connectivity index (χ3n) is 4.53. The van der Waals surface area contributed by atoms with Gasteiger partial charge in [0.25, 0.3) is 0 Å². The van der Waals surface area contributed by atoms with Crippen LogP contribution in [0.4, 0.5) is 0 Å². The van der Waals surface area contributed by atoms with E-state index in [-0.39, 0.29) is 11.9 Å². The highest BCUT2D eigenvalue weighted by Gasteiger charge is 2.84. The molecule has 1 saturated carbocycles. The summed E-state index contributed by atoms with van der Waals surface area (Å²) in [4.78, 5) is 11.7. The first-order valence-corrected chi connectivity index (χ1v) is 10.1. The first-order chi connectivity index (χ1) is 10.2. The molecule has 2 rings (SSSR count). The van der Waals surface area contributed by atoms with Gasteiger partial charge in [-0.3, -0.25) is 4.79 Å². The summed E-state index contributed by atoms with van der Waals surface area (Å²) in [6, 6.07) is 0. The zero-order valence-corrected chi connectivity index (χ0v) is 19.1. The van der Waals surface area contributed by atoms with Crippen molar-refractivity contribution in [2.75, 3.05) is 14.2 Å². The lowest BCUT2D eigenvalue weighted by atomic mass is 9.86. The van der Waals surface area contributed by atoms with Crippen LogP contribution < -0.4 is 0 Å². The van der Waals surface area contributed by atoms with E-state index in [0.29, 0.717) is 0 Å². The summed E-state index contributed by atoms with van der Waals surface area (Å²) in [7, 11) is 3.20. The summed E-state index contributed by atoms with van der Waals surface area (Å²) in [5.74, 6) is -1.40. The molecule has 0 saturated heterocycles. The van der Waals surface area contributed by atoms with Crippen LogP contribution in [-0.2, 0) is 19.0 Å². The lowest BCUT2D eigenvalue weighted by Crippen LogP contribution is -2.57. The Balaban J connectivity index is 2.72. The van der Waals surface area contributed by atoms with Gasteiger partial charge in [-0.15, -0.1) is 0 Å². The zero-order valence-electron chi connectivity index (χ0n) is 12.7. The Hall–Kier alpha value is 1.05. The molecule has 22 heavy (non-hydrogen) atoms. The Morgan fingerprint density at radius 2 is 1.64 bits per heavy atom. The monoisotopic (exact) mass is 566 g/mol. The number of fused-ring (bicyclic) bond motifs is 2. The van der Waals surface area contributed by atoms with Crippen molar-refractivity contribution < 1.29 is 19.0 Å². The lowest BCUT2D eigenvalue weighted by Gasteiger charge is -2.41. The fourth-order valence-corrected chi connectivity index (χ4v) is 8.77. The first-order valence-electron chi connectivity index (χ1n) is 6.90. The average molecular weight is 570 g/mol. The molecule has 0 heterocycles. The van der Waals surface area contributed by atoms with E-state index < -0.39 is 20.5 Å². The minimum Gasteiger partial charge on any atom is -0.460 e. The molecule has 0 aromatic rings. The minimum absolute atomic E-state index is 0.0173. The number of methoxy groups -OCH3 is 2. The van der Waals surface area contributed by atoms with Gasteiger partial charge in [-0.05, 0) is 6.42 Å². The Labute approximate surface area is 164 Å².